The number of nitrogens with zero attached hydrogens (tertiary/aromatic N) is 3. The van der Waals surface area contributed by atoms with Gasteiger partial charge in [0.2, 0.25) is 0 Å². The van der Waals surface area contributed by atoms with Crippen LogP contribution in [-0.2, 0) is 20.6 Å². The van der Waals surface area contributed by atoms with E-state index in [9.17, 15) is 19.5 Å². The molecule has 3 N–H and O–H groups in total. The Morgan fingerprint density at radius 1 is 0.919 bits per heavy atom. The van der Waals surface area contributed by atoms with Gasteiger partial charge in [-0.05, 0) is 81.2 Å². The van der Waals surface area contributed by atoms with E-state index in [-0.39, 0.29) is 30.9 Å². The number of aryl methyl sites for hydroxylation is 1. The van der Waals surface area contributed by atoms with Crippen LogP contribution < -0.4 is 10.6 Å². The molecule has 2 heterocycles. The third-order valence-corrected chi connectivity index (χ3v) is 4.56. The Labute approximate surface area is 217 Å². The Morgan fingerprint density at radius 3 is 2.03 bits per heavy atom. The maximum atomic E-state index is 13.2. The molecule has 206 valence electrons. The molecule has 1 atom stereocenters. The van der Waals surface area contributed by atoms with E-state index >= 15 is 0 Å². The number of amides is 2. The lowest BCUT2D eigenvalue weighted by Crippen LogP contribution is -2.41. The average Bonchev–Trinajstić information content (AvgIpc) is 3.06. The van der Waals surface area contributed by atoms with Crippen LogP contribution in [0.5, 0.6) is 0 Å². The zero-order chi connectivity index (χ0) is 28.2. The summed E-state index contributed by atoms with van der Waals surface area (Å²) in [4.78, 5) is 46.1. The number of carbonyl (C=O) groups is 3. The Bertz CT molecular complexity index is 1120. The first-order valence-corrected chi connectivity index (χ1v) is 12.1. The van der Waals surface area contributed by atoms with Crippen molar-refractivity contribution >= 4 is 35.1 Å². The van der Waals surface area contributed by atoms with Crippen molar-refractivity contribution < 1.29 is 33.7 Å². The number of hydrogen-bond acceptors (Lipinski definition) is 9. The minimum Gasteiger partial charge on any atom is -0.444 e. The standard InChI is InChI=1S/C25H39N5O7/c1-23(2,3)35-20(32)28-15(13-31)10-11-16-12-17-18(29-21(33)36-24(4,5)6)26-14-27-19(17)30(16)22(34)37-25(7,8)9/h12,14-15,31H,10-11,13H2,1-9H3,(H,28,32)(H,26,27,29,33)/t15-/m0/s1. The van der Waals surface area contributed by atoms with Crippen LogP contribution >= 0.6 is 0 Å². The Balaban J connectivity index is 2.40. The lowest BCUT2D eigenvalue weighted by molar-refractivity contribution is 0.0473. The van der Waals surface area contributed by atoms with Crippen LogP contribution in [0.25, 0.3) is 11.0 Å². The van der Waals surface area contributed by atoms with E-state index in [1.807, 2.05) is 0 Å². The SMILES string of the molecule is CC(C)(C)OC(=O)Nc1ncnc2c1cc(CC[C@@H](CO)NC(=O)OC(C)(C)C)n2C(=O)OC(C)(C)C. The van der Waals surface area contributed by atoms with Crippen molar-refractivity contribution in [3.63, 3.8) is 0 Å². The molecular weight excluding hydrogens is 482 g/mol. The average molecular weight is 522 g/mol. The molecule has 0 aliphatic carbocycles. The van der Waals surface area contributed by atoms with Crippen molar-refractivity contribution in [2.45, 2.75) is 98.0 Å². The van der Waals surface area contributed by atoms with Crippen molar-refractivity contribution in [3.8, 4) is 0 Å². The molecule has 37 heavy (non-hydrogen) atoms. The fourth-order valence-corrected chi connectivity index (χ4v) is 3.27. The summed E-state index contributed by atoms with van der Waals surface area (Å²) >= 11 is 0. The van der Waals surface area contributed by atoms with Crippen LogP contribution in [0.4, 0.5) is 20.2 Å². The first-order valence-electron chi connectivity index (χ1n) is 12.1. The second-order valence-electron chi connectivity index (χ2n) is 11.6. The number of alkyl carbamates (subject to hydrolysis) is 1. The quantitative estimate of drug-likeness (QED) is 0.470. The zero-order valence-electron chi connectivity index (χ0n) is 23.1. The minimum atomic E-state index is -0.776. The number of nitrogens with one attached hydrogen (secondary N) is 2. The third-order valence-electron chi connectivity index (χ3n) is 4.56. The second kappa shape index (κ2) is 11.3. The van der Waals surface area contributed by atoms with Crippen LogP contribution in [0.15, 0.2) is 12.4 Å². The molecule has 0 saturated carbocycles. The van der Waals surface area contributed by atoms with Crippen LogP contribution in [0.3, 0.4) is 0 Å². The Kier molecular flexibility index (Phi) is 9.13. The van der Waals surface area contributed by atoms with Crippen molar-refractivity contribution in [1.82, 2.24) is 19.9 Å². The van der Waals surface area contributed by atoms with Crippen molar-refractivity contribution in [1.29, 1.82) is 0 Å². The van der Waals surface area contributed by atoms with Crippen molar-refractivity contribution in [3.05, 3.63) is 18.1 Å². The van der Waals surface area contributed by atoms with Crippen molar-refractivity contribution in [2.75, 3.05) is 11.9 Å². The van der Waals surface area contributed by atoms with Gasteiger partial charge in [-0.15, -0.1) is 0 Å². The van der Waals surface area contributed by atoms with Gasteiger partial charge in [-0.2, -0.15) is 0 Å². The summed E-state index contributed by atoms with van der Waals surface area (Å²) in [7, 11) is 0. The Hall–Kier alpha value is -3.41. The highest BCUT2D eigenvalue weighted by Gasteiger charge is 2.26. The van der Waals surface area contributed by atoms with E-state index in [2.05, 4.69) is 20.6 Å². The molecule has 0 unspecified atom stereocenters. The predicted octanol–water partition coefficient (Wildman–Crippen LogP) is 4.38. The Morgan fingerprint density at radius 2 is 1.49 bits per heavy atom. The second-order valence-corrected chi connectivity index (χ2v) is 11.6. The van der Waals surface area contributed by atoms with Crippen LogP contribution in [0.2, 0.25) is 0 Å². The molecule has 0 spiro atoms. The van der Waals surface area contributed by atoms with E-state index in [4.69, 9.17) is 14.2 Å². The third kappa shape index (κ3) is 9.52. The molecule has 0 saturated heterocycles. The molecule has 0 radical (unpaired) electrons. The molecule has 0 bridgehead atoms. The van der Waals surface area contributed by atoms with Gasteiger partial charge < -0.3 is 24.6 Å². The van der Waals surface area contributed by atoms with Crippen LogP contribution in [0.1, 0.15) is 74.4 Å². The van der Waals surface area contributed by atoms with Gasteiger partial charge in [0, 0.05) is 5.69 Å². The summed E-state index contributed by atoms with van der Waals surface area (Å²) in [6.07, 6.45) is -0.283. The van der Waals surface area contributed by atoms with Crippen LogP contribution in [0, 0.1) is 0 Å². The van der Waals surface area contributed by atoms with Crippen molar-refractivity contribution in [2.24, 2.45) is 0 Å². The summed E-state index contributed by atoms with van der Waals surface area (Å²) in [6.45, 7) is 15.3. The number of ether oxygens (including phenoxy) is 3. The number of aromatic nitrogens is 3. The monoisotopic (exact) mass is 521 g/mol. The fraction of sp³-hybridized carbons (Fsp3) is 0.640. The number of aliphatic hydroxyl groups excluding tert-OH is 1. The number of anilines is 1. The highest BCUT2D eigenvalue weighted by molar-refractivity contribution is 5.99. The zero-order valence-corrected chi connectivity index (χ0v) is 23.1. The molecule has 0 aromatic carbocycles. The van der Waals surface area contributed by atoms with E-state index in [0.29, 0.717) is 11.1 Å². The van der Waals surface area contributed by atoms with Gasteiger partial charge in [-0.3, -0.25) is 5.32 Å². The minimum absolute atomic E-state index is 0.161. The predicted molar refractivity (Wildman–Crippen MR) is 138 cm³/mol. The lowest BCUT2D eigenvalue weighted by atomic mass is 10.1. The van der Waals surface area contributed by atoms with Gasteiger partial charge in [0.1, 0.15) is 28.9 Å². The molecule has 0 aliphatic heterocycles. The molecule has 2 rings (SSSR count). The number of aliphatic hydroxyl groups is 1. The summed E-state index contributed by atoms with van der Waals surface area (Å²) in [6, 6.07) is 1.03. The highest BCUT2D eigenvalue weighted by Crippen LogP contribution is 2.27. The fourth-order valence-electron chi connectivity index (χ4n) is 3.27. The van der Waals surface area contributed by atoms with Gasteiger partial charge in [0.15, 0.2) is 5.65 Å². The van der Waals surface area contributed by atoms with Gasteiger partial charge in [0.05, 0.1) is 18.0 Å². The molecule has 2 aromatic rings. The molecular formula is C25H39N5O7. The number of hydrogen-bond donors (Lipinski definition) is 3. The molecule has 12 nitrogen and oxygen atoms in total. The largest absolute Gasteiger partial charge is 0.444 e. The molecule has 2 aromatic heterocycles. The molecule has 0 aliphatic rings. The van der Waals surface area contributed by atoms with Crippen LogP contribution in [-0.4, -0.2) is 67.4 Å². The summed E-state index contributed by atoms with van der Waals surface area (Å²) in [5, 5.41) is 15.4. The smallest absolute Gasteiger partial charge is 0.420 e. The van der Waals surface area contributed by atoms with E-state index in [0.717, 1.165) is 0 Å². The summed E-state index contributed by atoms with van der Waals surface area (Å²) in [5.41, 5.74) is -1.47. The highest BCUT2D eigenvalue weighted by atomic mass is 16.6. The first kappa shape index (κ1) is 29.8. The van der Waals surface area contributed by atoms with E-state index in [1.54, 1.807) is 68.4 Å². The maximum Gasteiger partial charge on any atom is 0.420 e. The number of carbonyl (C=O) groups excluding carboxylic acids is 3. The van der Waals surface area contributed by atoms with Gasteiger partial charge in [0.25, 0.3) is 0 Å². The van der Waals surface area contributed by atoms with Gasteiger partial charge in [-0.25, -0.2) is 28.9 Å². The molecule has 12 heteroatoms. The maximum absolute atomic E-state index is 13.2. The van der Waals surface area contributed by atoms with Gasteiger partial charge >= 0.3 is 18.3 Å². The van der Waals surface area contributed by atoms with E-state index < -0.39 is 41.1 Å². The van der Waals surface area contributed by atoms with Gasteiger partial charge in [-0.1, -0.05) is 0 Å². The first-order chi connectivity index (χ1) is 16.9. The number of fused-ring (bicyclic) bond motifs is 1. The summed E-state index contributed by atoms with van der Waals surface area (Å²) in [5.74, 6) is 0.161. The van der Waals surface area contributed by atoms with E-state index in [1.165, 1.54) is 10.9 Å². The number of rotatable bonds is 6. The molecule has 0 fully saturated rings. The lowest BCUT2D eigenvalue weighted by Gasteiger charge is -2.23. The normalized spacial score (nSPS) is 13.1. The topological polar surface area (TPSA) is 154 Å². The molecule has 2 amide bonds. The summed E-state index contributed by atoms with van der Waals surface area (Å²) < 4.78 is 17.5.